The number of hydrogen-bond acceptors (Lipinski definition) is 4. The number of carbonyl (C=O) groups excluding carboxylic acids is 1. The molecule has 2 N–H and O–H groups in total. The molecule has 0 bridgehead atoms. The van der Waals surface area contributed by atoms with E-state index in [0.29, 0.717) is 24.1 Å². The number of carbonyl (C=O) groups is 1. The van der Waals surface area contributed by atoms with E-state index in [-0.39, 0.29) is 12.1 Å². The SMILES string of the molecule is CC(C)N1CCC(NC(=O)Nc2cccc(OCc3ccccn3)c2)C1. The van der Waals surface area contributed by atoms with Gasteiger partial charge in [0, 0.05) is 43.1 Å². The highest BCUT2D eigenvalue weighted by Gasteiger charge is 2.25. The third-order valence-corrected chi connectivity index (χ3v) is 4.49. The van der Waals surface area contributed by atoms with E-state index in [1.807, 2.05) is 42.5 Å². The second-order valence-corrected chi connectivity index (χ2v) is 6.81. The van der Waals surface area contributed by atoms with E-state index in [2.05, 4.69) is 34.4 Å². The maximum absolute atomic E-state index is 12.2. The maximum Gasteiger partial charge on any atom is 0.319 e. The van der Waals surface area contributed by atoms with E-state index < -0.39 is 0 Å². The third-order valence-electron chi connectivity index (χ3n) is 4.49. The molecular weight excluding hydrogens is 328 g/mol. The first-order chi connectivity index (χ1) is 12.6. The second kappa shape index (κ2) is 8.67. The molecule has 1 fully saturated rings. The molecule has 0 radical (unpaired) electrons. The molecule has 1 aromatic heterocycles. The van der Waals surface area contributed by atoms with Gasteiger partial charge in [-0.15, -0.1) is 0 Å². The third kappa shape index (κ3) is 5.20. The molecule has 6 nitrogen and oxygen atoms in total. The minimum absolute atomic E-state index is 0.178. The number of ether oxygens (including phenoxy) is 1. The summed E-state index contributed by atoms with van der Waals surface area (Å²) in [4.78, 5) is 18.8. The Morgan fingerprint density at radius 2 is 2.19 bits per heavy atom. The van der Waals surface area contributed by atoms with Crippen LogP contribution in [0.25, 0.3) is 0 Å². The Bertz CT molecular complexity index is 721. The number of pyridine rings is 1. The van der Waals surface area contributed by atoms with Gasteiger partial charge < -0.3 is 15.4 Å². The Labute approximate surface area is 154 Å². The Balaban J connectivity index is 1.49. The zero-order chi connectivity index (χ0) is 18.4. The van der Waals surface area contributed by atoms with Crippen molar-refractivity contribution in [3.05, 3.63) is 54.4 Å². The van der Waals surface area contributed by atoms with Crippen LogP contribution in [0.2, 0.25) is 0 Å². The molecule has 3 rings (SSSR count). The van der Waals surface area contributed by atoms with Gasteiger partial charge in [0.15, 0.2) is 0 Å². The molecule has 2 amide bonds. The van der Waals surface area contributed by atoms with Crippen LogP contribution in [0.4, 0.5) is 10.5 Å². The van der Waals surface area contributed by atoms with Crippen molar-refractivity contribution in [3.63, 3.8) is 0 Å². The van der Waals surface area contributed by atoms with Gasteiger partial charge in [-0.25, -0.2) is 4.79 Å². The average molecular weight is 354 g/mol. The van der Waals surface area contributed by atoms with Gasteiger partial charge in [-0.1, -0.05) is 12.1 Å². The summed E-state index contributed by atoms with van der Waals surface area (Å²) in [7, 11) is 0. The van der Waals surface area contributed by atoms with E-state index >= 15 is 0 Å². The van der Waals surface area contributed by atoms with Gasteiger partial charge in [0.05, 0.1) is 5.69 Å². The molecule has 26 heavy (non-hydrogen) atoms. The lowest BCUT2D eigenvalue weighted by Crippen LogP contribution is -2.40. The van der Waals surface area contributed by atoms with Crippen molar-refractivity contribution in [1.82, 2.24) is 15.2 Å². The predicted octanol–water partition coefficient (Wildman–Crippen LogP) is 3.26. The smallest absolute Gasteiger partial charge is 0.319 e. The zero-order valence-electron chi connectivity index (χ0n) is 15.3. The highest BCUT2D eigenvalue weighted by Crippen LogP contribution is 2.19. The van der Waals surface area contributed by atoms with Crippen LogP contribution in [0.3, 0.4) is 0 Å². The molecule has 1 aliphatic rings. The first-order valence-electron chi connectivity index (χ1n) is 9.04. The van der Waals surface area contributed by atoms with Crippen LogP contribution in [-0.4, -0.2) is 41.1 Å². The van der Waals surface area contributed by atoms with Gasteiger partial charge in [-0.3, -0.25) is 9.88 Å². The number of benzene rings is 1. The summed E-state index contributed by atoms with van der Waals surface area (Å²) in [6.07, 6.45) is 2.73. The monoisotopic (exact) mass is 354 g/mol. The number of rotatable bonds is 6. The fourth-order valence-corrected chi connectivity index (χ4v) is 3.03. The van der Waals surface area contributed by atoms with E-state index in [1.54, 1.807) is 6.20 Å². The molecule has 1 aromatic carbocycles. The first kappa shape index (κ1) is 18.2. The molecule has 1 aliphatic heterocycles. The van der Waals surface area contributed by atoms with Crippen molar-refractivity contribution in [3.8, 4) is 5.75 Å². The van der Waals surface area contributed by atoms with E-state index in [9.17, 15) is 4.79 Å². The molecule has 1 saturated heterocycles. The summed E-state index contributed by atoms with van der Waals surface area (Å²) in [6.45, 7) is 6.68. The number of hydrogen-bond donors (Lipinski definition) is 2. The average Bonchev–Trinajstić information content (AvgIpc) is 3.10. The van der Waals surface area contributed by atoms with Gasteiger partial charge in [0.1, 0.15) is 12.4 Å². The molecule has 0 saturated carbocycles. The lowest BCUT2D eigenvalue weighted by atomic mass is 10.2. The molecule has 2 aromatic rings. The zero-order valence-corrected chi connectivity index (χ0v) is 15.3. The van der Waals surface area contributed by atoms with Gasteiger partial charge in [-0.05, 0) is 44.5 Å². The van der Waals surface area contributed by atoms with Crippen LogP contribution >= 0.6 is 0 Å². The van der Waals surface area contributed by atoms with Crippen molar-refractivity contribution >= 4 is 11.7 Å². The predicted molar refractivity (Wildman–Crippen MR) is 102 cm³/mol. The van der Waals surface area contributed by atoms with Crippen LogP contribution in [0.15, 0.2) is 48.7 Å². The molecule has 1 unspecified atom stereocenters. The van der Waals surface area contributed by atoms with Crippen LogP contribution in [0.1, 0.15) is 26.0 Å². The van der Waals surface area contributed by atoms with Crippen molar-refractivity contribution < 1.29 is 9.53 Å². The van der Waals surface area contributed by atoms with Gasteiger partial charge in [0.25, 0.3) is 0 Å². The Morgan fingerprint density at radius 1 is 1.31 bits per heavy atom. The summed E-state index contributed by atoms with van der Waals surface area (Å²) >= 11 is 0. The standard InChI is InChI=1S/C20H26N4O2/c1-15(2)24-11-9-17(13-24)23-20(25)22-16-7-5-8-19(12-16)26-14-18-6-3-4-10-21-18/h3-8,10,12,15,17H,9,11,13-14H2,1-2H3,(H2,22,23,25). The number of nitrogens with one attached hydrogen (secondary N) is 2. The Morgan fingerprint density at radius 3 is 2.92 bits per heavy atom. The van der Waals surface area contributed by atoms with E-state index in [4.69, 9.17) is 4.74 Å². The minimum Gasteiger partial charge on any atom is -0.487 e. The number of anilines is 1. The number of aromatic nitrogens is 1. The summed E-state index contributed by atoms with van der Waals surface area (Å²) in [5.41, 5.74) is 1.57. The lowest BCUT2D eigenvalue weighted by Gasteiger charge is -2.20. The molecule has 2 heterocycles. The quantitative estimate of drug-likeness (QED) is 0.836. The lowest BCUT2D eigenvalue weighted by molar-refractivity contribution is 0.244. The summed E-state index contributed by atoms with van der Waals surface area (Å²) in [6, 6.07) is 13.6. The summed E-state index contributed by atoms with van der Waals surface area (Å²) in [5, 5.41) is 5.93. The topological polar surface area (TPSA) is 66.5 Å². The molecule has 0 aliphatic carbocycles. The molecule has 138 valence electrons. The number of urea groups is 1. The molecule has 6 heteroatoms. The molecular formula is C20H26N4O2. The minimum atomic E-state index is -0.178. The van der Waals surface area contributed by atoms with E-state index in [1.165, 1.54) is 0 Å². The molecule has 0 spiro atoms. The van der Waals surface area contributed by atoms with E-state index in [0.717, 1.165) is 25.2 Å². The normalized spacial score (nSPS) is 17.3. The Hall–Kier alpha value is -2.60. The fourth-order valence-electron chi connectivity index (χ4n) is 3.03. The van der Waals surface area contributed by atoms with Crippen molar-refractivity contribution in [1.29, 1.82) is 0 Å². The van der Waals surface area contributed by atoms with Crippen LogP contribution in [0.5, 0.6) is 5.75 Å². The molecule has 1 atom stereocenters. The second-order valence-electron chi connectivity index (χ2n) is 6.81. The van der Waals surface area contributed by atoms with Gasteiger partial charge in [-0.2, -0.15) is 0 Å². The first-order valence-corrected chi connectivity index (χ1v) is 9.04. The van der Waals surface area contributed by atoms with Gasteiger partial charge in [0.2, 0.25) is 0 Å². The van der Waals surface area contributed by atoms with Crippen molar-refractivity contribution in [2.45, 2.75) is 39.0 Å². The van der Waals surface area contributed by atoms with Crippen LogP contribution < -0.4 is 15.4 Å². The summed E-state index contributed by atoms with van der Waals surface area (Å²) < 4.78 is 5.75. The van der Waals surface area contributed by atoms with Crippen molar-refractivity contribution in [2.75, 3.05) is 18.4 Å². The number of likely N-dealkylation sites (tertiary alicyclic amines) is 1. The largest absolute Gasteiger partial charge is 0.487 e. The van der Waals surface area contributed by atoms with Crippen LogP contribution in [-0.2, 0) is 6.61 Å². The Kier molecular flexibility index (Phi) is 6.07. The van der Waals surface area contributed by atoms with Crippen molar-refractivity contribution in [2.24, 2.45) is 0 Å². The maximum atomic E-state index is 12.2. The number of nitrogens with zero attached hydrogens (tertiary/aromatic N) is 2. The highest BCUT2D eigenvalue weighted by molar-refractivity contribution is 5.89. The highest BCUT2D eigenvalue weighted by atomic mass is 16.5. The van der Waals surface area contributed by atoms with Crippen LogP contribution in [0, 0.1) is 0 Å². The van der Waals surface area contributed by atoms with Gasteiger partial charge >= 0.3 is 6.03 Å². The number of amides is 2. The summed E-state index contributed by atoms with van der Waals surface area (Å²) in [5.74, 6) is 0.695. The fraction of sp³-hybridized carbons (Fsp3) is 0.400.